The molecule has 2 aromatic rings. The van der Waals surface area contributed by atoms with Crippen molar-refractivity contribution in [1.29, 1.82) is 0 Å². The molecule has 0 amide bonds. The monoisotopic (exact) mass is 262 g/mol. The molecule has 1 unspecified atom stereocenters. The third-order valence-electron chi connectivity index (χ3n) is 2.72. The van der Waals surface area contributed by atoms with Gasteiger partial charge in [0.05, 0.1) is 0 Å². The fourth-order valence-corrected chi connectivity index (χ4v) is 2.00. The number of aliphatic hydroxyl groups is 1. The molecule has 0 saturated carbocycles. The van der Waals surface area contributed by atoms with Crippen LogP contribution < -0.4 is 0 Å². The van der Waals surface area contributed by atoms with Crippen LogP contribution in [-0.2, 0) is 6.42 Å². The van der Waals surface area contributed by atoms with Crippen molar-refractivity contribution >= 4 is 11.6 Å². The van der Waals surface area contributed by atoms with Gasteiger partial charge in [-0.2, -0.15) is 0 Å². The maximum Gasteiger partial charge on any atom is 0.157 e. The van der Waals surface area contributed by atoms with Gasteiger partial charge in [-0.05, 0) is 36.6 Å². The summed E-state index contributed by atoms with van der Waals surface area (Å²) in [6, 6.07) is 5.79. The summed E-state index contributed by atoms with van der Waals surface area (Å²) < 4.78 is 0. The summed E-state index contributed by atoms with van der Waals surface area (Å²) in [5, 5.41) is 10.7. The second kappa shape index (κ2) is 5.46. The van der Waals surface area contributed by atoms with Gasteiger partial charge in [-0.3, -0.25) is 0 Å². The summed E-state index contributed by atoms with van der Waals surface area (Å²) in [6.07, 6.45) is 3.08. The number of aromatic nitrogens is 2. The van der Waals surface area contributed by atoms with Crippen LogP contribution in [0.2, 0.25) is 5.02 Å². The summed E-state index contributed by atoms with van der Waals surface area (Å²) in [4.78, 5) is 8.23. The number of benzene rings is 1. The van der Waals surface area contributed by atoms with Gasteiger partial charge in [0.15, 0.2) is 5.82 Å². The van der Waals surface area contributed by atoms with Gasteiger partial charge in [0.2, 0.25) is 0 Å². The molecule has 0 bridgehead atoms. The highest BCUT2D eigenvalue weighted by molar-refractivity contribution is 6.31. The number of rotatable bonds is 3. The van der Waals surface area contributed by atoms with Gasteiger partial charge in [-0.15, -0.1) is 0 Å². The number of hydrogen-bond donors (Lipinski definition) is 1. The average Bonchev–Trinajstić information content (AvgIpc) is 2.33. The van der Waals surface area contributed by atoms with Gasteiger partial charge in [-0.25, -0.2) is 9.97 Å². The molecule has 0 aliphatic heterocycles. The Morgan fingerprint density at radius 2 is 1.83 bits per heavy atom. The molecular weight excluding hydrogens is 248 g/mol. The average molecular weight is 263 g/mol. The fourth-order valence-electron chi connectivity index (χ4n) is 1.69. The lowest BCUT2D eigenvalue weighted by Crippen LogP contribution is -2.07. The minimum absolute atomic E-state index is 0.419. The van der Waals surface area contributed by atoms with E-state index in [0.717, 1.165) is 16.7 Å². The third-order valence-corrected chi connectivity index (χ3v) is 3.07. The molecule has 0 aliphatic rings. The normalized spacial score (nSPS) is 12.4. The molecule has 0 fully saturated rings. The Hall–Kier alpha value is -1.45. The van der Waals surface area contributed by atoms with Crippen molar-refractivity contribution < 1.29 is 5.11 Å². The van der Waals surface area contributed by atoms with Crippen LogP contribution >= 0.6 is 11.6 Å². The van der Waals surface area contributed by atoms with E-state index in [0.29, 0.717) is 17.3 Å². The van der Waals surface area contributed by atoms with E-state index in [1.807, 2.05) is 32.0 Å². The van der Waals surface area contributed by atoms with Crippen molar-refractivity contribution in [3.63, 3.8) is 0 Å². The highest BCUT2D eigenvalue weighted by Gasteiger charge is 2.13. The van der Waals surface area contributed by atoms with E-state index in [1.165, 1.54) is 0 Å². The molecule has 2 rings (SSSR count). The number of aliphatic hydroxyl groups excluding tert-OH is 1. The molecule has 0 saturated heterocycles. The van der Waals surface area contributed by atoms with Crippen LogP contribution in [0.5, 0.6) is 0 Å². The molecule has 3 nitrogen and oxygen atoms in total. The van der Waals surface area contributed by atoms with E-state index in [1.54, 1.807) is 12.4 Å². The molecule has 0 aliphatic carbocycles. The van der Waals surface area contributed by atoms with E-state index in [-0.39, 0.29) is 0 Å². The SMILES string of the molecule is Cc1cnc(C(O)Cc2ccc(C)cc2Cl)nc1. The minimum atomic E-state index is -0.731. The summed E-state index contributed by atoms with van der Waals surface area (Å²) in [5.74, 6) is 0.428. The van der Waals surface area contributed by atoms with Crippen molar-refractivity contribution in [2.45, 2.75) is 26.4 Å². The first kappa shape index (κ1) is 13.0. The number of halogens is 1. The molecule has 18 heavy (non-hydrogen) atoms. The van der Waals surface area contributed by atoms with Gasteiger partial charge in [0.25, 0.3) is 0 Å². The molecule has 0 radical (unpaired) electrons. The van der Waals surface area contributed by atoms with Crippen LogP contribution in [0.25, 0.3) is 0 Å². The Morgan fingerprint density at radius 1 is 1.17 bits per heavy atom. The van der Waals surface area contributed by atoms with Crippen LogP contribution in [0.1, 0.15) is 28.6 Å². The fraction of sp³-hybridized carbons (Fsp3) is 0.286. The molecule has 1 aromatic heterocycles. The predicted molar refractivity (Wildman–Crippen MR) is 71.6 cm³/mol. The second-order valence-electron chi connectivity index (χ2n) is 4.43. The smallest absolute Gasteiger partial charge is 0.157 e. The third kappa shape index (κ3) is 3.06. The Labute approximate surface area is 111 Å². The molecular formula is C14H15ClN2O. The number of hydrogen-bond acceptors (Lipinski definition) is 3. The van der Waals surface area contributed by atoms with Crippen LogP contribution in [0.4, 0.5) is 0 Å². The molecule has 1 atom stereocenters. The van der Waals surface area contributed by atoms with E-state index in [9.17, 15) is 5.11 Å². The summed E-state index contributed by atoms with van der Waals surface area (Å²) in [7, 11) is 0. The zero-order chi connectivity index (χ0) is 13.1. The Morgan fingerprint density at radius 3 is 2.44 bits per heavy atom. The lowest BCUT2D eigenvalue weighted by atomic mass is 10.1. The first-order chi connectivity index (χ1) is 8.56. The summed E-state index contributed by atoms with van der Waals surface area (Å²) in [6.45, 7) is 3.89. The maximum atomic E-state index is 10.1. The highest BCUT2D eigenvalue weighted by Crippen LogP contribution is 2.22. The first-order valence-electron chi connectivity index (χ1n) is 5.78. The van der Waals surface area contributed by atoms with Crippen molar-refractivity contribution in [2.75, 3.05) is 0 Å². The standard InChI is InChI=1S/C14H15ClN2O/c1-9-3-4-11(12(15)5-9)6-13(18)14-16-7-10(2)8-17-14/h3-5,7-8,13,18H,6H2,1-2H3. The number of nitrogens with zero attached hydrogens (tertiary/aromatic N) is 2. The molecule has 1 aromatic carbocycles. The van der Waals surface area contributed by atoms with Crippen LogP contribution in [0.3, 0.4) is 0 Å². The van der Waals surface area contributed by atoms with Crippen molar-refractivity contribution in [2.24, 2.45) is 0 Å². The molecule has 0 spiro atoms. The van der Waals surface area contributed by atoms with E-state index < -0.39 is 6.10 Å². The van der Waals surface area contributed by atoms with E-state index in [4.69, 9.17) is 11.6 Å². The largest absolute Gasteiger partial charge is 0.385 e. The van der Waals surface area contributed by atoms with Crippen LogP contribution in [-0.4, -0.2) is 15.1 Å². The Kier molecular flexibility index (Phi) is 3.94. The van der Waals surface area contributed by atoms with Gasteiger partial charge < -0.3 is 5.11 Å². The van der Waals surface area contributed by atoms with Gasteiger partial charge in [0.1, 0.15) is 6.10 Å². The summed E-state index contributed by atoms with van der Waals surface area (Å²) in [5.41, 5.74) is 2.98. The van der Waals surface area contributed by atoms with Crippen molar-refractivity contribution in [3.8, 4) is 0 Å². The van der Waals surface area contributed by atoms with Gasteiger partial charge in [-0.1, -0.05) is 23.7 Å². The Bertz CT molecular complexity index is 540. The Balaban J connectivity index is 2.15. The zero-order valence-electron chi connectivity index (χ0n) is 10.4. The molecule has 1 heterocycles. The predicted octanol–water partition coefficient (Wildman–Crippen LogP) is 3.02. The zero-order valence-corrected chi connectivity index (χ0v) is 11.1. The topological polar surface area (TPSA) is 46.0 Å². The van der Waals surface area contributed by atoms with Crippen molar-refractivity contribution in [1.82, 2.24) is 9.97 Å². The molecule has 94 valence electrons. The van der Waals surface area contributed by atoms with Gasteiger partial charge in [0, 0.05) is 23.8 Å². The first-order valence-corrected chi connectivity index (χ1v) is 6.15. The van der Waals surface area contributed by atoms with Crippen LogP contribution in [0, 0.1) is 13.8 Å². The highest BCUT2D eigenvalue weighted by atomic mass is 35.5. The van der Waals surface area contributed by atoms with Crippen molar-refractivity contribution in [3.05, 3.63) is 58.1 Å². The van der Waals surface area contributed by atoms with E-state index >= 15 is 0 Å². The lowest BCUT2D eigenvalue weighted by molar-refractivity contribution is 0.168. The summed E-state index contributed by atoms with van der Waals surface area (Å²) >= 11 is 6.13. The molecule has 4 heteroatoms. The van der Waals surface area contributed by atoms with Crippen LogP contribution in [0.15, 0.2) is 30.6 Å². The molecule has 1 N–H and O–H groups in total. The van der Waals surface area contributed by atoms with Gasteiger partial charge >= 0.3 is 0 Å². The quantitative estimate of drug-likeness (QED) is 0.925. The minimum Gasteiger partial charge on any atom is -0.385 e. The maximum absolute atomic E-state index is 10.1. The number of aryl methyl sites for hydroxylation is 2. The second-order valence-corrected chi connectivity index (χ2v) is 4.84. The lowest BCUT2D eigenvalue weighted by Gasteiger charge is -2.11. The van der Waals surface area contributed by atoms with E-state index in [2.05, 4.69) is 9.97 Å².